The topological polar surface area (TPSA) is 28.2 Å². The first-order valence-electron chi connectivity index (χ1n) is 7.72. The van der Waals surface area contributed by atoms with E-state index in [-0.39, 0.29) is 0 Å². The summed E-state index contributed by atoms with van der Waals surface area (Å²) in [6.45, 7) is 3.54. The summed E-state index contributed by atoms with van der Waals surface area (Å²) >= 11 is 0. The van der Waals surface area contributed by atoms with Crippen LogP contribution >= 0.6 is 0 Å². The number of hydrogen-bond acceptors (Lipinski definition) is 3. The lowest BCUT2D eigenvalue weighted by Gasteiger charge is -2.21. The second-order valence-electron chi connectivity index (χ2n) is 6.01. The fraction of sp³-hybridized carbons (Fsp3) is 0.471. The van der Waals surface area contributed by atoms with E-state index in [1.807, 2.05) is 6.20 Å². The molecule has 3 heterocycles. The summed E-state index contributed by atoms with van der Waals surface area (Å²) in [5.41, 5.74) is 2.47. The van der Waals surface area contributed by atoms with Gasteiger partial charge in [-0.3, -0.25) is 9.88 Å². The summed E-state index contributed by atoms with van der Waals surface area (Å²) in [4.78, 5) is 7.09. The Morgan fingerprint density at radius 2 is 2.10 bits per heavy atom. The third-order valence-corrected chi connectivity index (χ3v) is 4.90. The molecule has 3 heteroatoms. The molecule has 20 heavy (non-hydrogen) atoms. The number of pyridine rings is 1. The van der Waals surface area contributed by atoms with Gasteiger partial charge < -0.3 is 5.32 Å². The van der Waals surface area contributed by atoms with Gasteiger partial charge in [0.05, 0.1) is 5.52 Å². The van der Waals surface area contributed by atoms with Gasteiger partial charge in [-0.05, 0) is 43.5 Å². The van der Waals surface area contributed by atoms with Gasteiger partial charge in [-0.1, -0.05) is 18.2 Å². The number of nitrogens with zero attached hydrogens (tertiary/aromatic N) is 2. The molecule has 1 N–H and O–H groups in total. The zero-order valence-electron chi connectivity index (χ0n) is 11.8. The molecule has 2 aromatic rings. The maximum absolute atomic E-state index is 4.44. The Hall–Kier alpha value is -1.45. The maximum atomic E-state index is 4.44. The van der Waals surface area contributed by atoms with Crippen LogP contribution < -0.4 is 5.32 Å². The summed E-state index contributed by atoms with van der Waals surface area (Å²) in [6, 6.07) is 12.0. The van der Waals surface area contributed by atoms with Crippen molar-refractivity contribution in [3.63, 3.8) is 0 Å². The molecular formula is C17H21N3. The summed E-state index contributed by atoms with van der Waals surface area (Å²) in [5, 5.41) is 5.07. The summed E-state index contributed by atoms with van der Waals surface area (Å²) in [6.07, 6.45) is 5.97. The standard InChI is InChI=1S/C17H21N3/c1-2-5-15-14(4-1)13(7-9-18-15)12-19-16-8-11-20-10-3-6-17(16)20/h1-2,4-5,7,9,16-17,19H,3,6,8,10-12H2. The van der Waals surface area contributed by atoms with E-state index in [2.05, 4.69) is 45.5 Å². The Kier molecular flexibility index (Phi) is 3.17. The van der Waals surface area contributed by atoms with Crippen molar-refractivity contribution in [3.05, 3.63) is 42.1 Å². The Morgan fingerprint density at radius 1 is 1.15 bits per heavy atom. The van der Waals surface area contributed by atoms with E-state index in [0.717, 1.165) is 18.1 Å². The molecule has 2 aliphatic heterocycles. The van der Waals surface area contributed by atoms with Crippen LogP contribution in [0, 0.1) is 0 Å². The van der Waals surface area contributed by atoms with E-state index in [4.69, 9.17) is 0 Å². The van der Waals surface area contributed by atoms with Crippen LogP contribution in [-0.2, 0) is 6.54 Å². The molecule has 0 spiro atoms. The molecule has 2 unspecified atom stereocenters. The van der Waals surface area contributed by atoms with Gasteiger partial charge in [0.25, 0.3) is 0 Å². The minimum Gasteiger partial charge on any atom is -0.308 e. The van der Waals surface area contributed by atoms with Crippen molar-refractivity contribution < 1.29 is 0 Å². The first-order chi connectivity index (χ1) is 9.92. The average Bonchev–Trinajstić information content (AvgIpc) is 3.09. The van der Waals surface area contributed by atoms with Crippen LogP contribution in [0.1, 0.15) is 24.8 Å². The Labute approximate surface area is 120 Å². The second-order valence-corrected chi connectivity index (χ2v) is 6.01. The van der Waals surface area contributed by atoms with Gasteiger partial charge in [-0.2, -0.15) is 0 Å². The van der Waals surface area contributed by atoms with E-state index >= 15 is 0 Å². The second kappa shape index (κ2) is 5.15. The monoisotopic (exact) mass is 267 g/mol. The number of nitrogens with one attached hydrogen (secondary N) is 1. The van der Waals surface area contributed by atoms with Crippen molar-refractivity contribution in [1.82, 2.24) is 15.2 Å². The number of rotatable bonds is 3. The first kappa shape index (κ1) is 12.3. The van der Waals surface area contributed by atoms with Crippen LogP contribution in [0.3, 0.4) is 0 Å². The molecule has 2 atom stereocenters. The van der Waals surface area contributed by atoms with E-state index < -0.39 is 0 Å². The van der Waals surface area contributed by atoms with E-state index in [0.29, 0.717) is 6.04 Å². The van der Waals surface area contributed by atoms with Crippen molar-refractivity contribution in [2.75, 3.05) is 13.1 Å². The summed E-state index contributed by atoms with van der Waals surface area (Å²) in [7, 11) is 0. The molecule has 0 aliphatic carbocycles. The quantitative estimate of drug-likeness (QED) is 0.926. The third-order valence-electron chi connectivity index (χ3n) is 4.90. The van der Waals surface area contributed by atoms with Gasteiger partial charge in [0.2, 0.25) is 0 Å². The molecule has 0 amide bonds. The zero-order chi connectivity index (χ0) is 13.4. The van der Waals surface area contributed by atoms with Crippen LogP contribution in [-0.4, -0.2) is 35.1 Å². The number of benzene rings is 1. The number of fused-ring (bicyclic) bond motifs is 2. The predicted molar refractivity (Wildman–Crippen MR) is 81.6 cm³/mol. The fourth-order valence-electron chi connectivity index (χ4n) is 3.87. The highest BCUT2D eigenvalue weighted by Gasteiger charge is 2.36. The highest BCUT2D eigenvalue weighted by atomic mass is 15.2. The van der Waals surface area contributed by atoms with Gasteiger partial charge in [-0.15, -0.1) is 0 Å². The Balaban J connectivity index is 1.51. The van der Waals surface area contributed by atoms with Crippen molar-refractivity contribution >= 4 is 10.9 Å². The molecule has 2 fully saturated rings. The van der Waals surface area contributed by atoms with Crippen LogP contribution in [0.4, 0.5) is 0 Å². The van der Waals surface area contributed by atoms with Gasteiger partial charge in [0.15, 0.2) is 0 Å². The maximum Gasteiger partial charge on any atom is 0.0705 e. The first-order valence-corrected chi connectivity index (χ1v) is 7.72. The largest absolute Gasteiger partial charge is 0.308 e. The molecule has 2 aliphatic rings. The van der Waals surface area contributed by atoms with Gasteiger partial charge >= 0.3 is 0 Å². The summed E-state index contributed by atoms with van der Waals surface area (Å²) in [5.74, 6) is 0. The molecule has 1 aromatic carbocycles. The Bertz CT molecular complexity index is 605. The lowest BCUT2D eigenvalue weighted by atomic mass is 10.1. The van der Waals surface area contributed by atoms with E-state index in [1.54, 1.807) is 0 Å². The molecular weight excluding hydrogens is 246 g/mol. The highest BCUT2D eigenvalue weighted by molar-refractivity contribution is 5.81. The zero-order valence-corrected chi connectivity index (χ0v) is 11.8. The molecule has 1 aromatic heterocycles. The van der Waals surface area contributed by atoms with Crippen LogP contribution in [0.5, 0.6) is 0 Å². The molecule has 0 saturated carbocycles. The van der Waals surface area contributed by atoms with E-state index in [9.17, 15) is 0 Å². The van der Waals surface area contributed by atoms with Gasteiger partial charge in [0.1, 0.15) is 0 Å². The normalized spacial score (nSPS) is 26.2. The molecule has 104 valence electrons. The number of para-hydroxylation sites is 1. The summed E-state index contributed by atoms with van der Waals surface area (Å²) < 4.78 is 0. The minimum atomic E-state index is 0.671. The van der Waals surface area contributed by atoms with E-state index in [1.165, 1.54) is 43.3 Å². The van der Waals surface area contributed by atoms with Crippen LogP contribution in [0.2, 0.25) is 0 Å². The molecule has 0 radical (unpaired) electrons. The predicted octanol–water partition coefficient (Wildman–Crippen LogP) is 2.56. The average molecular weight is 267 g/mol. The van der Waals surface area contributed by atoms with Crippen LogP contribution in [0.25, 0.3) is 10.9 Å². The SMILES string of the molecule is c1ccc2c(CNC3CCN4CCCC34)ccnc2c1. The number of aromatic nitrogens is 1. The fourth-order valence-corrected chi connectivity index (χ4v) is 3.87. The van der Waals surface area contributed by atoms with Gasteiger partial charge in [-0.25, -0.2) is 0 Å². The van der Waals surface area contributed by atoms with Crippen molar-refractivity contribution in [2.45, 2.75) is 37.9 Å². The molecule has 3 nitrogen and oxygen atoms in total. The Morgan fingerprint density at radius 3 is 3.10 bits per heavy atom. The molecule has 0 bridgehead atoms. The van der Waals surface area contributed by atoms with Crippen molar-refractivity contribution in [1.29, 1.82) is 0 Å². The highest BCUT2D eigenvalue weighted by Crippen LogP contribution is 2.28. The molecule has 4 rings (SSSR count). The lowest BCUT2D eigenvalue weighted by Crippen LogP contribution is -2.38. The smallest absolute Gasteiger partial charge is 0.0705 e. The van der Waals surface area contributed by atoms with Crippen molar-refractivity contribution in [3.8, 4) is 0 Å². The lowest BCUT2D eigenvalue weighted by molar-refractivity contribution is 0.298. The number of hydrogen-bond donors (Lipinski definition) is 1. The van der Waals surface area contributed by atoms with Crippen LogP contribution in [0.15, 0.2) is 36.5 Å². The molecule has 2 saturated heterocycles. The van der Waals surface area contributed by atoms with Gasteiger partial charge in [0, 0.05) is 36.8 Å². The van der Waals surface area contributed by atoms with Crippen molar-refractivity contribution in [2.24, 2.45) is 0 Å². The third kappa shape index (κ3) is 2.11. The minimum absolute atomic E-state index is 0.671.